The molecule has 0 unspecified atom stereocenters. The van der Waals surface area contributed by atoms with Gasteiger partial charge in [-0.3, -0.25) is 4.57 Å². The molecule has 9 aromatic rings. The number of benzene rings is 6. The molecule has 0 spiro atoms. The lowest BCUT2D eigenvalue weighted by atomic mass is 9.86. The molecule has 0 aliphatic carbocycles. The van der Waals surface area contributed by atoms with Crippen LogP contribution in [-0.2, 0) is 5.41 Å². The van der Waals surface area contributed by atoms with E-state index in [0.29, 0.717) is 0 Å². The van der Waals surface area contributed by atoms with E-state index in [1.54, 1.807) is 0 Å². The number of para-hydroxylation sites is 1. The second-order valence-electron chi connectivity index (χ2n) is 15.5. The van der Waals surface area contributed by atoms with E-state index in [2.05, 4.69) is 176 Å². The lowest BCUT2D eigenvalue weighted by Crippen LogP contribution is -2.23. The third-order valence-corrected chi connectivity index (χ3v) is 10.8. The van der Waals surface area contributed by atoms with Crippen LogP contribution in [0.5, 0.6) is 11.5 Å². The molecular formula is C49H40N4O2. The number of hydrogen-bond donors (Lipinski definition) is 0. The highest BCUT2D eigenvalue weighted by molar-refractivity contribution is 6.11. The molecule has 6 heteroatoms. The first-order valence-electron chi connectivity index (χ1n) is 18.8. The normalized spacial score (nSPS) is 13.4. The van der Waals surface area contributed by atoms with Crippen molar-refractivity contribution in [3.05, 3.63) is 169 Å². The molecule has 268 valence electrons. The van der Waals surface area contributed by atoms with Crippen LogP contribution in [0.15, 0.2) is 162 Å². The van der Waals surface area contributed by atoms with Crippen LogP contribution in [0, 0.1) is 0 Å². The number of hydrogen-bond acceptors (Lipinski definition) is 5. The zero-order chi connectivity index (χ0) is 37.3. The van der Waals surface area contributed by atoms with E-state index in [1.807, 2.05) is 24.4 Å². The molecule has 6 aromatic carbocycles. The Bertz CT molecular complexity index is 2930. The molecule has 0 atom stereocenters. The number of fused-ring (bicyclic) bond motifs is 6. The van der Waals surface area contributed by atoms with Gasteiger partial charge in [0.15, 0.2) is 0 Å². The topological polar surface area (TPSA) is 46.7 Å². The Hall–Kier alpha value is -6.79. The van der Waals surface area contributed by atoms with Crippen molar-refractivity contribution >= 4 is 55.1 Å². The average molecular weight is 717 g/mol. The van der Waals surface area contributed by atoms with Crippen molar-refractivity contribution in [1.82, 2.24) is 14.5 Å². The first-order valence-corrected chi connectivity index (χ1v) is 18.8. The summed E-state index contributed by atoms with van der Waals surface area (Å²) < 4.78 is 15.4. The predicted octanol–water partition coefficient (Wildman–Crippen LogP) is 12.5. The van der Waals surface area contributed by atoms with Crippen LogP contribution in [0.2, 0.25) is 0 Å². The van der Waals surface area contributed by atoms with E-state index < -0.39 is 0 Å². The number of nitrogens with zero attached hydrogens (tertiary/aromatic N) is 4. The number of aromatic nitrogens is 2. The number of pyridine rings is 1. The van der Waals surface area contributed by atoms with Gasteiger partial charge in [-0.05, 0) is 70.1 Å². The van der Waals surface area contributed by atoms with Gasteiger partial charge < -0.3 is 19.0 Å². The molecule has 1 aliphatic rings. The highest BCUT2D eigenvalue weighted by atomic mass is 16.5. The van der Waals surface area contributed by atoms with Crippen LogP contribution in [0.1, 0.15) is 31.9 Å². The van der Waals surface area contributed by atoms with Gasteiger partial charge in [-0.2, -0.15) is 0 Å². The van der Waals surface area contributed by atoms with Crippen LogP contribution >= 0.6 is 0 Å². The van der Waals surface area contributed by atoms with Crippen molar-refractivity contribution in [3.8, 4) is 28.4 Å². The summed E-state index contributed by atoms with van der Waals surface area (Å²) in [4.78, 5) is 9.63. The van der Waals surface area contributed by atoms with Gasteiger partial charge in [0.2, 0.25) is 0 Å². The second kappa shape index (κ2) is 12.7. The minimum absolute atomic E-state index is 0.0838. The molecule has 0 radical (unpaired) electrons. The number of ether oxygens (including phenoxy) is 1. The lowest BCUT2D eigenvalue weighted by Gasteiger charge is -2.25. The molecule has 4 heterocycles. The number of rotatable bonds is 6. The van der Waals surface area contributed by atoms with E-state index in [4.69, 9.17) is 14.1 Å². The van der Waals surface area contributed by atoms with Gasteiger partial charge in [-0.15, -0.1) is 0 Å². The monoisotopic (exact) mass is 716 g/mol. The minimum atomic E-state index is -0.0838. The molecule has 0 fully saturated rings. The fourth-order valence-electron chi connectivity index (χ4n) is 7.88. The molecule has 10 rings (SSSR count). The summed E-state index contributed by atoms with van der Waals surface area (Å²) in [5.74, 6) is 2.33. The van der Waals surface area contributed by atoms with Crippen molar-refractivity contribution < 1.29 is 9.15 Å². The maximum atomic E-state index is 6.84. The fraction of sp³-hybridized carbons (Fsp3) is 0.122. The molecule has 6 nitrogen and oxygen atoms in total. The zero-order valence-electron chi connectivity index (χ0n) is 31.3. The molecule has 55 heavy (non-hydrogen) atoms. The minimum Gasteiger partial charge on any atom is -0.457 e. The van der Waals surface area contributed by atoms with E-state index >= 15 is 0 Å². The van der Waals surface area contributed by atoms with Crippen LogP contribution in [-0.4, -0.2) is 28.2 Å². The molecule has 0 amide bonds. The Morgan fingerprint density at radius 2 is 1.36 bits per heavy atom. The van der Waals surface area contributed by atoms with Crippen molar-refractivity contribution in [1.29, 1.82) is 0 Å². The zero-order valence-corrected chi connectivity index (χ0v) is 31.3. The first kappa shape index (κ1) is 32.8. The molecule has 3 aromatic heterocycles. The van der Waals surface area contributed by atoms with Crippen molar-refractivity contribution in [2.45, 2.75) is 26.2 Å². The van der Waals surface area contributed by atoms with Gasteiger partial charge in [-0.25, -0.2) is 4.98 Å². The van der Waals surface area contributed by atoms with Gasteiger partial charge in [0, 0.05) is 64.9 Å². The van der Waals surface area contributed by atoms with Gasteiger partial charge in [-0.1, -0.05) is 106 Å². The molecule has 1 aliphatic heterocycles. The van der Waals surface area contributed by atoms with Crippen molar-refractivity contribution in [3.63, 3.8) is 0 Å². The molecule has 0 N–H and O–H groups in total. The van der Waals surface area contributed by atoms with Gasteiger partial charge >= 0.3 is 0 Å². The first-order chi connectivity index (χ1) is 26.8. The lowest BCUT2D eigenvalue weighted by molar-refractivity contribution is 0.478. The number of furan rings is 1. The third-order valence-electron chi connectivity index (χ3n) is 10.8. The van der Waals surface area contributed by atoms with E-state index in [9.17, 15) is 0 Å². The number of anilines is 1. The van der Waals surface area contributed by atoms with Crippen molar-refractivity contribution in [2.24, 2.45) is 0 Å². The average Bonchev–Trinajstić information content (AvgIpc) is 3.88. The molecule has 0 bridgehead atoms. The predicted molar refractivity (Wildman–Crippen MR) is 226 cm³/mol. The van der Waals surface area contributed by atoms with Crippen LogP contribution in [0.3, 0.4) is 0 Å². The van der Waals surface area contributed by atoms with Crippen molar-refractivity contribution in [2.75, 3.05) is 18.6 Å². The van der Waals surface area contributed by atoms with Crippen LogP contribution in [0.4, 0.5) is 5.69 Å². The summed E-state index contributed by atoms with van der Waals surface area (Å²) in [6.07, 6.45) is 4.17. The van der Waals surface area contributed by atoms with Crippen LogP contribution in [0.25, 0.3) is 66.4 Å². The Morgan fingerprint density at radius 3 is 2.16 bits per heavy atom. The maximum Gasteiger partial charge on any atom is 0.141 e. The summed E-state index contributed by atoms with van der Waals surface area (Å²) in [5, 5.41) is 4.33. The fourth-order valence-corrected chi connectivity index (χ4v) is 7.88. The third kappa shape index (κ3) is 5.78. The van der Waals surface area contributed by atoms with Gasteiger partial charge in [0.25, 0.3) is 0 Å². The Kier molecular flexibility index (Phi) is 7.56. The van der Waals surface area contributed by atoms with Gasteiger partial charge in [0.05, 0.1) is 23.4 Å². The van der Waals surface area contributed by atoms with E-state index in [1.165, 1.54) is 22.4 Å². The van der Waals surface area contributed by atoms with Gasteiger partial charge in [0.1, 0.15) is 28.5 Å². The van der Waals surface area contributed by atoms with E-state index in [0.717, 1.165) is 79.0 Å². The highest BCUT2D eigenvalue weighted by Gasteiger charge is 2.24. The smallest absolute Gasteiger partial charge is 0.141 e. The Morgan fingerprint density at radius 1 is 0.600 bits per heavy atom. The van der Waals surface area contributed by atoms with E-state index in [-0.39, 0.29) is 5.41 Å². The second-order valence-corrected chi connectivity index (χ2v) is 15.5. The highest BCUT2D eigenvalue weighted by Crippen LogP contribution is 2.40. The standard InChI is InChI=1S/C49H40N4O2/c1-49(2,3)35-24-36(52-30-45(51(4)31-52)33-15-9-6-10-16-33)26-38(25-35)54-37-20-21-39-41-23-34(32-13-7-5-8-14-32)19-22-43(41)53(44(39)27-37)48-28-47-42(29-50-48)40-17-11-12-18-46(40)55-47/h5-30H,31H2,1-4H3. The Balaban J connectivity index is 1.10. The summed E-state index contributed by atoms with van der Waals surface area (Å²) in [6.45, 7) is 7.49. The summed E-state index contributed by atoms with van der Waals surface area (Å²) in [6, 6.07) is 50.9. The summed E-state index contributed by atoms with van der Waals surface area (Å²) in [7, 11) is 2.14. The van der Waals surface area contributed by atoms with Crippen LogP contribution < -0.4 is 9.64 Å². The summed E-state index contributed by atoms with van der Waals surface area (Å²) >= 11 is 0. The maximum absolute atomic E-state index is 6.84. The molecular weight excluding hydrogens is 677 g/mol. The summed E-state index contributed by atoms with van der Waals surface area (Å²) in [5.41, 5.74) is 10.7. The molecule has 0 saturated heterocycles. The Labute approximate surface area is 320 Å². The molecule has 0 saturated carbocycles. The largest absolute Gasteiger partial charge is 0.457 e. The quantitative estimate of drug-likeness (QED) is 0.171. The SMILES string of the molecule is CN1CN(c2cc(Oc3ccc4c5cc(-c6ccccc6)ccc5n(-c5cc6oc7ccccc7c6cn5)c4c3)cc(C(C)(C)C)c2)C=C1c1ccccc1.